The van der Waals surface area contributed by atoms with Crippen LogP contribution in [0.25, 0.3) is 0 Å². The molecule has 7 heteroatoms. The van der Waals surface area contributed by atoms with Crippen LogP contribution in [0.15, 0.2) is 42.5 Å². The zero-order chi connectivity index (χ0) is 19.8. The van der Waals surface area contributed by atoms with Crippen molar-refractivity contribution in [3.05, 3.63) is 58.1 Å². The minimum Gasteiger partial charge on any atom is -0.481 e. The van der Waals surface area contributed by atoms with Crippen LogP contribution in [-0.4, -0.2) is 24.6 Å². The lowest BCUT2D eigenvalue weighted by Crippen LogP contribution is -2.30. The summed E-state index contributed by atoms with van der Waals surface area (Å²) in [7, 11) is 0. The van der Waals surface area contributed by atoms with Gasteiger partial charge in [-0.25, -0.2) is 4.79 Å². The van der Waals surface area contributed by atoms with Crippen LogP contribution in [0.5, 0.6) is 5.75 Å². The largest absolute Gasteiger partial charge is 0.481 e. The van der Waals surface area contributed by atoms with Gasteiger partial charge in [0, 0.05) is 0 Å². The summed E-state index contributed by atoms with van der Waals surface area (Å²) in [5.74, 6) is -0.324. The molecule has 2 aromatic carbocycles. The lowest BCUT2D eigenvalue weighted by Gasteiger charge is -2.16. The Morgan fingerprint density at radius 2 is 1.70 bits per heavy atom. The summed E-state index contributed by atoms with van der Waals surface area (Å²) in [6.07, 6.45) is 0.994. The number of anilines is 1. The zero-order valence-electron chi connectivity index (χ0n) is 15.1. The number of para-hydroxylation sites is 1. The average Bonchev–Trinajstić information content (AvgIpc) is 2.65. The van der Waals surface area contributed by atoms with Gasteiger partial charge in [0.25, 0.3) is 5.91 Å². The zero-order valence-corrected chi connectivity index (χ0v) is 16.6. The third-order valence-electron chi connectivity index (χ3n) is 3.71. The first kappa shape index (κ1) is 21.1. The van der Waals surface area contributed by atoms with Gasteiger partial charge in [0.2, 0.25) is 0 Å². The van der Waals surface area contributed by atoms with Crippen LogP contribution >= 0.6 is 23.2 Å². The summed E-state index contributed by atoms with van der Waals surface area (Å²) < 4.78 is 10.8. The Morgan fingerprint density at radius 3 is 2.30 bits per heavy atom. The van der Waals surface area contributed by atoms with E-state index in [4.69, 9.17) is 32.7 Å². The monoisotopic (exact) mass is 409 g/mol. The summed E-state index contributed by atoms with van der Waals surface area (Å²) in [5, 5.41) is 3.34. The number of benzene rings is 2. The number of carbonyl (C=O) groups excluding carboxylic acids is 2. The third kappa shape index (κ3) is 6.15. The molecule has 0 bridgehead atoms. The summed E-state index contributed by atoms with van der Waals surface area (Å²) in [6, 6.07) is 11.4. The van der Waals surface area contributed by atoms with Gasteiger partial charge in [-0.1, -0.05) is 42.6 Å². The molecule has 1 N–H and O–H groups in total. The van der Waals surface area contributed by atoms with E-state index >= 15 is 0 Å². The molecule has 1 atom stereocenters. The van der Waals surface area contributed by atoms with E-state index in [2.05, 4.69) is 5.32 Å². The molecule has 0 radical (unpaired) electrons. The summed E-state index contributed by atoms with van der Waals surface area (Å²) >= 11 is 12.1. The molecule has 27 heavy (non-hydrogen) atoms. The first-order valence-electron chi connectivity index (χ1n) is 8.61. The van der Waals surface area contributed by atoms with E-state index in [1.54, 1.807) is 49.4 Å². The molecule has 0 aliphatic rings. The number of hydrogen-bond acceptors (Lipinski definition) is 4. The molecule has 0 aromatic heterocycles. The van der Waals surface area contributed by atoms with Gasteiger partial charge in [0.05, 0.1) is 27.9 Å². The van der Waals surface area contributed by atoms with Crippen molar-refractivity contribution in [2.24, 2.45) is 0 Å². The predicted octanol–water partition coefficient (Wildman–Crippen LogP) is 5.36. The molecule has 0 aliphatic carbocycles. The molecule has 0 unspecified atom stereocenters. The fourth-order valence-corrected chi connectivity index (χ4v) is 2.65. The predicted molar refractivity (Wildman–Crippen MR) is 107 cm³/mol. The van der Waals surface area contributed by atoms with Crippen LogP contribution in [0.3, 0.4) is 0 Å². The van der Waals surface area contributed by atoms with Crippen molar-refractivity contribution in [2.75, 3.05) is 11.9 Å². The number of carbonyl (C=O) groups is 2. The number of rotatable bonds is 8. The number of nitrogens with one attached hydrogen (secondary N) is 1. The number of ether oxygens (including phenoxy) is 2. The highest BCUT2D eigenvalue weighted by Crippen LogP contribution is 2.30. The van der Waals surface area contributed by atoms with Gasteiger partial charge in [-0.3, -0.25) is 4.79 Å². The Bertz CT molecular complexity index is 773. The van der Waals surface area contributed by atoms with Gasteiger partial charge in [-0.15, -0.1) is 0 Å². The lowest BCUT2D eigenvalue weighted by atomic mass is 10.2. The van der Waals surface area contributed by atoms with Crippen LogP contribution < -0.4 is 10.1 Å². The van der Waals surface area contributed by atoms with Gasteiger partial charge in [-0.05, 0) is 49.7 Å². The van der Waals surface area contributed by atoms with Crippen molar-refractivity contribution in [3.63, 3.8) is 0 Å². The maximum Gasteiger partial charge on any atom is 0.338 e. The number of esters is 1. The molecule has 2 aromatic rings. The number of amides is 1. The van der Waals surface area contributed by atoms with Crippen molar-refractivity contribution < 1.29 is 19.1 Å². The van der Waals surface area contributed by atoms with E-state index in [1.807, 2.05) is 6.92 Å². The normalized spacial score (nSPS) is 11.6. The van der Waals surface area contributed by atoms with E-state index in [-0.39, 0.29) is 5.97 Å². The van der Waals surface area contributed by atoms with Gasteiger partial charge >= 0.3 is 5.97 Å². The van der Waals surface area contributed by atoms with Gasteiger partial charge in [0.15, 0.2) is 6.10 Å². The second-order valence-corrected chi connectivity index (χ2v) is 6.67. The SMILES string of the molecule is CCCCOC(=O)c1ccc(O[C@H](C)C(=O)Nc2c(Cl)cccc2Cl)cc1. The summed E-state index contributed by atoms with van der Waals surface area (Å²) in [5.41, 5.74) is 0.768. The number of halogens is 2. The summed E-state index contributed by atoms with van der Waals surface area (Å²) in [6.45, 7) is 4.03. The van der Waals surface area contributed by atoms with Crippen molar-refractivity contribution in [1.82, 2.24) is 0 Å². The molecule has 0 aliphatic heterocycles. The highest BCUT2D eigenvalue weighted by molar-refractivity contribution is 6.39. The Hall–Kier alpha value is -2.24. The Kier molecular flexibility index (Phi) is 7.95. The van der Waals surface area contributed by atoms with E-state index in [1.165, 1.54) is 0 Å². The van der Waals surface area contributed by atoms with Gasteiger partial charge < -0.3 is 14.8 Å². The maximum atomic E-state index is 12.3. The third-order valence-corrected chi connectivity index (χ3v) is 4.34. The van der Waals surface area contributed by atoms with Crippen molar-refractivity contribution in [1.29, 1.82) is 0 Å². The molecular weight excluding hydrogens is 389 g/mol. The second-order valence-electron chi connectivity index (χ2n) is 5.86. The molecular formula is C20H21Cl2NO4. The van der Waals surface area contributed by atoms with Crippen molar-refractivity contribution in [2.45, 2.75) is 32.8 Å². The van der Waals surface area contributed by atoms with E-state index < -0.39 is 12.0 Å². The van der Waals surface area contributed by atoms with Crippen molar-refractivity contribution in [3.8, 4) is 5.75 Å². The van der Waals surface area contributed by atoms with Crippen LogP contribution in [0.1, 0.15) is 37.0 Å². The van der Waals surface area contributed by atoms with Crippen LogP contribution in [0, 0.1) is 0 Å². The van der Waals surface area contributed by atoms with Crippen LogP contribution in [0.4, 0.5) is 5.69 Å². The molecule has 1 amide bonds. The molecule has 0 saturated carbocycles. The van der Waals surface area contributed by atoms with E-state index in [0.717, 1.165) is 12.8 Å². The standard InChI is InChI=1S/C20H21Cl2NO4/c1-3-4-12-26-20(25)14-8-10-15(11-9-14)27-13(2)19(24)23-18-16(21)6-5-7-17(18)22/h5-11,13H,3-4,12H2,1-2H3,(H,23,24)/t13-/m1/s1. The molecule has 5 nitrogen and oxygen atoms in total. The Morgan fingerprint density at radius 1 is 1.07 bits per heavy atom. The molecule has 2 rings (SSSR count). The van der Waals surface area contributed by atoms with Crippen LogP contribution in [-0.2, 0) is 9.53 Å². The highest BCUT2D eigenvalue weighted by Gasteiger charge is 2.18. The minimum absolute atomic E-state index is 0.339. The highest BCUT2D eigenvalue weighted by atomic mass is 35.5. The smallest absolute Gasteiger partial charge is 0.338 e. The van der Waals surface area contributed by atoms with E-state index in [9.17, 15) is 9.59 Å². The van der Waals surface area contributed by atoms with E-state index in [0.29, 0.717) is 33.7 Å². The maximum absolute atomic E-state index is 12.3. The molecule has 144 valence electrons. The first-order chi connectivity index (χ1) is 12.9. The van der Waals surface area contributed by atoms with Crippen LogP contribution in [0.2, 0.25) is 10.0 Å². The molecule has 0 heterocycles. The fraction of sp³-hybridized carbons (Fsp3) is 0.300. The van der Waals surface area contributed by atoms with Gasteiger partial charge in [0.1, 0.15) is 5.75 Å². The average molecular weight is 410 g/mol. The second kappa shape index (κ2) is 10.2. The van der Waals surface area contributed by atoms with Gasteiger partial charge in [-0.2, -0.15) is 0 Å². The fourth-order valence-electron chi connectivity index (χ4n) is 2.16. The topological polar surface area (TPSA) is 64.6 Å². The quantitative estimate of drug-likeness (QED) is 0.470. The molecule has 0 spiro atoms. The minimum atomic E-state index is -0.792. The Balaban J connectivity index is 1.94. The number of hydrogen-bond donors (Lipinski definition) is 1. The first-order valence-corrected chi connectivity index (χ1v) is 9.36. The molecule has 0 fully saturated rings. The lowest BCUT2D eigenvalue weighted by molar-refractivity contribution is -0.122. The molecule has 0 saturated heterocycles. The number of unbranched alkanes of at least 4 members (excludes halogenated alkanes) is 1. The Labute approximate surface area is 168 Å². The van der Waals surface area contributed by atoms with Crippen molar-refractivity contribution >= 4 is 40.8 Å². The summed E-state index contributed by atoms with van der Waals surface area (Å²) in [4.78, 5) is 24.2.